The highest BCUT2D eigenvalue weighted by Gasteiger charge is 2.22. The van der Waals surface area contributed by atoms with Crippen molar-refractivity contribution in [3.8, 4) is 11.3 Å². The average molecular weight is 494 g/mol. The summed E-state index contributed by atoms with van der Waals surface area (Å²) in [4.78, 5) is 41.2. The van der Waals surface area contributed by atoms with Crippen LogP contribution in [-0.2, 0) is 4.79 Å². The van der Waals surface area contributed by atoms with Gasteiger partial charge in [-0.15, -0.1) is 0 Å². The topological polar surface area (TPSA) is 103 Å². The molecule has 1 aliphatic heterocycles. The zero-order chi connectivity index (χ0) is 25.6. The largest absolute Gasteiger partial charge is 0.368 e. The molecule has 5 rings (SSSR count). The van der Waals surface area contributed by atoms with Crippen LogP contribution in [0.2, 0.25) is 0 Å². The van der Waals surface area contributed by atoms with E-state index in [4.69, 9.17) is 0 Å². The van der Waals surface area contributed by atoms with Crippen molar-refractivity contribution in [2.75, 3.05) is 41.7 Å². The van der Waals surface area contributed by atoms with Gasteiger partial charge in [0.05, 0.1) is 5.69 Å². The van der Waals surface area contributed by atoms with Crippen LogP contribution >= 0.6 is 0 Å². The summed E-state index contributed by atoms with van der Waals surface area (Å²) in [5.41, 5.74) is 5.06. The van der Waals surface area contributed by atoms with Crippen LogP contribution in [0.5, 0.6) is 0 Å². The highest BCUT2D eigenvalue weighted by molar-refractivity contribution is 5.94. The van der Waals surface area contributed by atoms with Crippen LogP contribution in [0.1, 0.15) is 17.3 Å². The monoisotopic (exact) mass is 493 g/mol. The Morgan fingerprint density at radius 3 is 2.32 bits per heavy atom. The first kappa shape index (κ1) is 23.9. The molecule has 2 aromatic carbocycles. The summed E-state index contributed by atoms with van der Waals surface area (Å²) >= 11 is 0. The second-order valence-electron chi connectivity index (χ2n) is 8.71. The number of benzene rings is 2. The normalized spacial score (nSPS) is 13.2. The predicted molar refractivity (Wildman–Crippen MR) is 144 cm³/mol. The lowest BCUT2D eigenvalue weighted by atomic mass is 10.1. The van der Waals surface area contributed by atoms with Gasteiger partial charge in [0.2, 0.25) is 11.9 Å². The molecule has 9 heteroatoms. The predicted octanol–water partition coefficient (Wildman–Crippen LogP) is 4.20. The van der Waals surface area contributed by atoms with Gasteiger partial charge in [-0.2, -0.15) is 0 Å². The van der Waals surface area contributed by atoms with Gasteiger partial charge in [0, 0.05) is 79.9 Å². The van der Waals surface area contributed by atoms with Crippen molar-refractivity contribution in [3.63, 3.8) is 0 Å². The molecule has 2 aromatic heterocycles. The Hall–Kier alpha value is -4.79. The van der Waals surface area contributed by atoms with Crippen LogP contribution in [0.3, 0.4) is 0 Å². The highest BCUT2D eigenvalue weighted by atomic mass is 16.2. The van der Waals surface area contributed by atoms with Gasteiger partial charge in [0.1, 0.15) is 0 Å². The van der Waals surface area contributed by atoms with E-state index in [2.05, 4.69) is 42.6 Å². The van der Waals surface area contributed by atoms with Gasteiger partial charge in [-0.05, 0) is 48.5 Å². The Morgan fingerprint density at radius 1 is 0.838 bits per heavy atom. The molecule has 2 N–H and O–H groups in total. The Kier molecular flexibility index (Phi) is 7.02. The number of nitrogens with one attached hydrogen (secondary N) is 2. The molecule has 2 amide bonds. The lowest BCUT2D eigenvalue weighted by Crippen LogP contribution is -2.48. The summed E-state index contributed by atoms with van der Waals surface area (Å²) in [5, 5.41) is 6.07. The van der Waals surface area contributed by atoms with Crippen LogP contribution in [0.15, 0.2) is 85.3 Å². The van der Waals surface area contributed by atoms with Crippen LogP contribution in [0, 0.1) is 0 Å². The molecule has 0 atom stereocenters. The van der Waals surface area contributed by atoms with Gasteiger partial charge < -0.3 is 20.4 Å². The van der Waals surface area contributed by atoms with E-state index in [1.165, 1.54) is 6.92 Å². The Balaban J connectivity index is 1.23. The second-order valence-corrected chi connectivity index (χ2v) is 8.71. The van der Waals surface area contributed by atoms with E-state index in [0.717, 1.165) is 41.4 Å². The SMILES string of the molecule is CC(=O)Nc1ccc(-c2ccnc(Nc3cccc(N4CCN(C(=O)c5ccncc5)CC4)c3)n2)cc1. The molecule has 1 saturated heterocycles. The molecule has 4 aromatic rings. The van der Waals surface area contributed by atoms with Gasteiger partial charge >= 0.3 is 0 Å². The minimum absolute atomic E-state index is 0.0410. The van der Waals surface area contributed by atoms with E-state index in [1.54, 1.807) is 30.7 Å². The van der Waals surface area contributed by atoms with Gasteiger partial charge in [-0.25, -0.2) is 9.97 Å². The average Bonchev–Trinajstić information content (AvgIpc) is 2.94. The molecule has 0 unspecified atom stereocenters. The van der Waals surface area contributed by atoms with Crippen LogP contribution in [0.25, 0.3) is 11.3 Å². The first-order chi connectivity index (χ1) is 18.0. The van der Waals surface area contributed by atoms with Crippen molar-refractivity contribution in [1.82, 2.24) is 19.9 Å². The molecule has 0 radical (unpaired) electrons. The summed E-state index contributed by atoms with van der Waals surface area (Å²) < 4.78 is 0. The number of amides is 2. The van der Waals surface area contributed by atoms with E-state index < -0.39 is 0 Å². The zero-order valence-corrected chi connectivity index (χ0v) is 20.5. The smallest absolute Gasteiger partial charge is 0.254 e. The Labute approximate surface area is 215 Å². The van der Waals surface area contributed by atoms with Crippen molar-refractivity contribution in [2.45, 2.75) is 6.92 Å². The number of anilines is 4. The molecule has 0 bridgehead atoms. The van der Waals surface area contributed by atoms with Crippen LogP contribution in [-0.4, -0.2) is 57.8 Å². The number of nitrogens with zero attached hydrogens (tertiary/aromatic N) is 5. The summed E-state index contributed by atoms with van der Waals surface area (Å²) in [6.45, 7) is 4.30. The number of carbonyl (C=O) groups excluding carboxylic acids is 2. The van der Waals surface area contributed by atoms with Crippen LogP contribution < -0.4 is 15.5 Å². The fourth-order valence-electron chi connectivity index (χ4n) is 4.26. The fraction of sp³-hybridized carbons (Fsp3) is 0.179. The molecular formula is C28H27N7O2. The summed E-state index contributed by atoms with van der Waals surface area (Å²) in [7, 11) is 0. The Morgan fingerprint density at radius 2 is 1.59 bits per heavy atom. The number of rotatable bonds is 6. The third-order valence-corrected chi connectivity index (χ3v) is 6.12. The first-order valence-corrected chi connectivity index (χ1v) is 12.1. The summed E-state index contributed by atoms with van der Waals surface area (Å²) in [5.74, 6) is 0.427. The standard InChI is InChI=1S/C28H27N7O2/c1-20(36)31-23-7-5-21(6-8-23)26-11-14-30-28(33-26)32-24-3-2-4-25(19-24)34-15-17-35(18-16-34)27(37)22-9-12-29-13-10-22/h2-14,19H,15-18H2,1H3,(H,31,36)(H,30,32,33). The number of hydrogen-bond donors (Lipinski definition) is 2. The summed E-state index contributed by atoms with van der Waals surface area (Å²) in [6, 6.07) is 21.0. The molecule has 0 saturated carbocycles. The van der Waals surface area contributed by atoms with E-state index in [0.29, 0.717) is 24.6 Å². The molecule has 37 heavy (non-hydrogen) atoms. The van der Waals surface area contributed by atoms with Gasteiger partial charge in [0.25, 0.3) is 5.91 Å². The van der Waals surface area contributed by atoms with E-state index in [-0.39, 0.29) is 11.8 Å². The van der Waals surface area contributed by atoms with Gasteiger partial charge in [0.15, 0.2) is 0 Å². The van der Waals surface area contributed by atoms with Crippen molar-refractivity contribution in [3.05, 3.63) is 90.9 Å². The van der Waals surface area contributed by atoms with E-state index in [1.807, 2.05) is 47.4 Å². The van der Waals surface area contributed by atoms with Crippen molar-refractivity contribution in [1.29, 1.82) is 0 Å². The van der Waals surface area contributed by atoms with E-state index in [9.17, 15) is 9.59 Å². The number of piperazine rings is 1. The summed E-state index contributed by atoms with van der Waals surface area (Å²) in [6.07, 6.45) is 5.01. The van der Waals surface area contributed by atoms with Gasteiger partial charge in [-0.1, -0.05) is 18.2 Å². The first-order valence-electron chi connectivity index (χ1n) is 12.1. The zero-order valence-electron chi connectivity index (χ0n) is 20.5. The van der Waals surface area contributed by atoms with Gasteiger partial charge in [-0.3, -0.25) is 14.6 Å². The molecule has 1 fully saturated rings. The maximum absolute atomic E-state index is 12.7. The van der Waals surface area contributed by atoms with Crippen LogP contribution in [0.4, 0.5) is 23.0 Å². The molecular weight excluding hydrogens is 466 g/mol. The number of carbonyl (C=O) groups is 2. The fourth-order valence-corrected chi connectivity index (χ4v) is 4.26. The maximum Gasteiger partial charge on any atom is 0.254 e. The van der Waals surface area contributed by atoms with Crippen molar-refractivity contribution in [2.24, 2.45) is 0 Å². The van der Waals surface area contributed by atoms with Crippen molar-refractivity contribution >= 4 is 34.8 Å². The third kappa shape index (κ3) is 5.90. The lowest BCUT2D eigenvalue weighted by Gasteiger charge is -2.36. The minimum atomic E-state index is -0.108. The highest BCUT2D eigenvalue weighted by Crippen LogP contribution is 2.25. The molecule has 1 aliphatic rings. The number of aromatic nitrogens is 3. The molecule has 0 aliphatic carbocycles. The molecule has 0 spiro atoms. The molecule has 9 nitrogen and oxygen atoms in total. The molecule has 3 heterocycles. The van der Waals surface area contributed by atoms with E-state index >= 15 is 0 Å². The second kappa shape index (κ2) is 10.9. The lowest BCUT2D eigenvalue weighted by molar-refractivity contribution is -0.114. The number of hydrogen-bond acceptors (Lipinski definition) is 7. The maximum atomic E-state index is 12.7. The van der Waals surface area contributed by atoms with Crippen molar-refractivity contribution < 1.29 is 9.59 Å². The number of pyridine rings is 1. The molecule has 186 valence electrons. The third-order valence-electron chi connectivity index (χ3n) is 6.12. The minimum Gasteiger partial charge on any atom is -0.368 e. The Bertz CT molecular complexity index is 1390. The quantitative estimate of drug-likeness (QED) is 0.415.